The molecule has 0 saturated heterocycles. The fourth-order valence-electron chi connectivity index (χ4n) is 12.8. The largest absolute Gasteiger partial charge is 0.472 e. The first-order chi connectivity index (χ1) is 49.3. The van der Waals surface area contributed by atoms with Gasteiger partial charge in [-0.2, -0.15) is 0 Å². The molecule has 4 unspecified atom stereocenters. The van der Waals surface area contributed by atoms with E-state index in [0.717, 1.165) is 108 Å². The van der Waals surface area contributed by atoms with E-state index in [2.05, 4.69) is 48.5 Å². The smallest absolute Gasteiger partial charge is 0.462 e. The standard InChI is InChI=1S/C83H162O17P2/c1-8-11-12-13-14-15-16-21-28-36-43-50-57-64-80(85)93-71-79(100-83(88)67-60-53-46-39-32-31-35-42-49-56-63-76(7)10-3)73-98-102(91,92)96-69-77(84)68-95-101(89,90)97-72-78(70-94-81(86)65-58-51-44-37-29-24-19-17-22-26-33-40-47-54-61-74(4)5)99-82(87)66-59-52-45-38-30-25-20-18-23-27-34-41-48-55-62-75(6)9-2/h74-79,84H,8-73H2,1-7H3,(H,89,90)(H,91,92)/t75?,76?,77-,78-,79-/m1/s1. The quantitative estimate of drug-likeness (QED) is 0.0222. The molecular formula is C83H162O17P2. The van der Waals surface area contributed by atoms with Gasteiger partial charge in [-0.25, -0.2) is 9.13 Å². The third-order valence-corrected chi connectivity index (χ3v) is 22.0. The Morgan fingerprint density at radius 3 is 0.745 bits per heavy atom. The van der Waals surface area contributed by atoms with Crippen LogP contribution in [0.5, 0.6) is 0 Å². The third-order valence-electron chi connectivity index (χ3n) is 20.1. The van der Waals surface area contributed by atoms with Crippen molar-refractivity contribution in [2.24, 2.45) is 17.8 Å². The number of rotatable bonds is 81. The molecule has 102 heavy (non-hydrogen) atoms. The molecule has 606 valence electrons. The van der Waals surface area contributed by atoms with Gasteiger partial charge in [-0.15, -0.1) is 0 Å². The summed E-state index contributed by atoms with van der Waals surface area (Å²) >= 11 is 0. The zero-order valence-electron chi connectivity index (χ0n) is 67.1. The zero-order chi connectivity index (χ0) is 75.1. The summed E-state index contributed by atoms with van der Waals surface area (Å²) in [4.78, 5) is 73.2. The van der Waals surface area contributed by atoms with E-state index in [-0.39, 0.29) is 25.7 Å². The van der Waals surface area contributed by atoms with E-state index in [0.29, 0.717) is 25.7 Å². The molecule has 19 heteroatoms. The Hall–Kier alpha value is -1.94. The molecule has 17 nitrogen and oxygen atoms in total. The summed E-state index contributed by atoms with van der Waals surface area (Å²) < 4.78 is 68.8. The number of unbranched alkanes of at least 4 members (excludes halogenated alkanes) is 47. The van der Waals surface area contributed by atoms with Gasteiger partial charge in [0.1, 0.15) is 19.3 Å². The van der Waals surface area contributed by atoms with Crippen LogP contribution in [0.3, 0.4) is 0 Å². The molecular weight excluding hydrogens is 1330 g/mol. The number of carbonyl (C=O) groups excluding carboxylic acids is 4. The van der Waals surface area contributed by atoms with Gasteiger partial charge in [0.25, 0.3) is 0 Å². The van der Waals surface area contributed by atoms with Crippen LogP contribution < -0.4 is 0 Å². The van der Waals surface area contributed by atoms with Gasteiger partial charge in [0, 0.05) is 25.7 Å². The minimum Gasteiger partial charge on any atom is -0.462 e. The molecule has 3 N–H and O–H groups in total. The molecule has 0 spiro atoms. The van der Waals surface area contributed by atoms with Crippen LogP contribution in [0.1, 0.15) is 434 Å². The van der Waals surface area contributed by atoms with Gasteiger partial charge in [-0.1, -0.05) is 382 Å². The van der Waals surface area contributed by atoms with Crippen LogP contribution in [-0.4, -0.2) is 96.7 Å². The van der Waals surface area contributed by atoms with Crippen LogP contribution in [0, 0.1) is 17.8 Å². The lowest BCUT2D eigenvalue weighted by Gasteiger charge is -2.21. The number of carbonyl (C=O) groups is 4. The van der Waals surface area contributed by atoms with Crippen molar-refractivity contribution >= 4 is 39.5 Å². The van der Waals surface area contributed by atoms with E-state index in [1.54, 1.807) is 0 Å². The summed E-state index contributed by atoms with van der Waals surface area (Å²) in [5.41, 5.74) is 0. The van der Waals surface area contributed by atoms with Crippen molar-refractivity contribution in [2.45, 2.75) is 452 Å². The van der Waals surface area contributed by atoms with E-state index in [4.69, 9.17) is 37.0 Å². The second-order valence-electron chi connectivity index (χ2n) is 30.8. The van der Waals surface area contributed by atoms with Crippen LogP contribution in [0.25, 0.3) is 0 Å². The SMILES string of the molecule is CCCCCCCCCCCCCCCC(=O)OC[C@H](COP(=O)(O)OC[C@H](O)COP(=O)(O)OC[C@@H](COC(=O)CCCCCCCCCCCCCCCCC(C)C)OC(=O)CCCCCCCCCCCCCCCCC(C)CC)OC(=O)CCCCCCCCCCCCC(C)CC. The highest BCUT2D eigenvalue weighted by Gasteiger charge is 2.30. The Bertz CT molecular complexity index is 1980. The molecule has 0 heterocycles. The van der Waals surface area contributed by atoms with Crippen LogP contribution in [0.15, 0.2) is 0 Å². The maximum absolute atomic E-state index is 13.1. The Morgan fingerprint density at radius 2 is 0.500 bits per heavy atom. The van der Waals surface area contributed by atoms with Crippen LogP contribution in [-0.2, 0) is 65.4 Å². The van der Waals surface area contributed by atoms with Crippen molar-refractivity contribution in [1.29, 1.82) is 0 Å². The summed E-state index contributed by atoms with van der Waals surface area (Å²) in [6.07, 6.45) is 62.1. The second kappa shape index (κ2) is 73.2. The second-order valence-corrected chi connectivity index (χ2v) is 33.7. The first-order valence-electron chi connectivity index (χ1n) is 42.9. The number of hydrogen-bond acceptors (Lipinski definition) is 15. The van der Waals surface area contributed by atoms with Gasteiger partial charge < -0.3 is 33.8 Å². The molecule has 0 aromatic heterocycles. The molecule has 7 atom stereocenters. The van der Waals surface area contributed by atoms with Gasteiger partial charge >= 0.3 is 39.5 Å². The van der Waals surface area contributed by atoms with Crippen molar-refractivity contribution in [3.8, 4) is 0 Å². The lowest BCUT2D eigenvalue weighted by molar-refractivity contribution is -0.161. The van der Waals surface area contributed by atoms with E-state index < -0.39 is 97.5 Å². The lowest BCUT2D eigenvalue weighted by Crippen LogP contribution is -2.30. The summed E-state index contributed by atoms with van der Waals surface area (Å²) in [6.45, 7) is 12.1. The topological polar surface area (TPSA) is 237 Å². The molecule has 0 rings (SSSR count). The average molecular weight is 1490 g/mol. The summed E-state index contributed by atoms with van der Waals surface area (Å²) in [7, 11) is -9.93. The average Bonchev–Trinajstić information content (AvgIpc) is 0.974. The molecule has 0 radical (unpaired) electrons. The van der Waals surface area contributed by atoms with E-state index >= 15 is 0 Å². The van der Waals surface area contributed by atoms with E-state index in [1.807, 2.05) is 0 Å². The van der Waals surface area contributed by atoms with Gasteiger partial charge in [0.2, 0.25) is 0 Å². The fraction of sp³-hybridized carbons (Fsp3) is 0.952. The molecule has 0 saturated carbocycles. The summed E-state index contributed by atoms with van der Waals surface area (Å²) in [5.74, 6) is 0.342. The molecule has 0 amide bonds. The van der Waals surface area contributed by atoms with Crippen LogP contribution >= 0.6 is 15.6 Å². The van der Waals surface area contributed by atoms with Crippen molar-refractivity contribution in [1.82, 2.24) is 0 Å². The van der Waals surface area contributed by atoms with Gasteiger partial charge in [0.05, 0.1) is 26.4 Å². The normalized spacial score (nSPS) is 14.5. The van der Waals surface area contributed by atoms with Crippen LogP contribution in [0.2, 0.25) is 0 Å². The van der Waals surface area contributed by atoms with Gasteiger partial charge in [0.15, 0.2) is 12.2 Å². The minimum absolute atomic E-state index is 0.107. The molecule has 0 aromatic carbocycles. The number of aliphatic hydroxyl groups is 1. The molecule has 0 aliphatic carbocycles. The highest BCUT2D eigenvalue weighted by Crippen LogP contribution is 2.45. The lowest BCUT2D eigenvalue weighted by atomic mass is 9.99. The summed E-state index contributed by atoms with van der Waals surface area (Å²) in [5, 5.41) is 10.7. The maximum atomic E-state index is 13.1. The van der Waals surface area contributed by atoms with Crippen molar-refractivity contribution in [2.75, 3.05) is 39.6 Å². The first kappa shape index (κ1) is 100. The van der Waals surface area contributed by atoms with Crippen molar-refractivity contribution in [3.05, 3.63) is 0 Å². The monoisotopic (exact) mass is 1490 g/mol. The number of phosphoric ester groups is 2. The Labute approximate surface area is 626 Å². The number of aliphatic hydroxyl groups excluding tert-OH is 1. The van der Waals surface area contributed by atoms with Crippen molar-refractivity contribution in [3.63, 3.8) is 0 Å². The molecule has 0 aliphatic heterocycles. The van der Waals surface area contributed by atoms with Gasteiger partial charge in [-0.05, 0) is 43.4 Å². The maximum Gasteiger partial charge on any atom is 0.472 e. The molecule has 0 aliphatic rings. The first-order valence-corrected chi connectivity index (χ1v) is 45.9. The number of esters is 4. The number of ether oxygens (including phenoxy) is 4. The molecule has 0 aromatic rings. The predicted octanol–water partition coefficient (Wildman–Crippen LogP) is 24.9. The van der Waals surface area contributed by atoms with Gasteiger partial charge in [-0.3, -0.25) is 37.3 Å². The van der Waals surface area contributed by atoms with E-state index in [1.165, 1.54) is 244 Å². The Balaban J connectivity index is 5.28. The summed E-state index contributed by atoms with van der Waals surface area (Å²) in [6, 6.07) is 0. The number of hydrogen-bond donors (Lipinski definition) is 3. The molecule has 0 fully saturated rings. The fourth-order valence-corrected chi connectivity index (χ4v) is 14.4. The third kappa shape index (κ3) is 73.6. The predicted molar refractivity (Wildman–Crippen MR) is 418 cm³/mol. The highest BCUT2D eigenvalue weighted by atomic mass is 31.2. The van der Waals surface area contributed by atoms with Crippen LogP contribution in [0.4, 0.5) is 0 Å². The minimum atomic E-state index is -4.96. The Morgan fingerprint density at radius 1 is 0.284 bits per heavy atom. The zero-order valence-corrected chi connectivity index (χ0v) is 68.9. The number of phosphoric acid groups is 2. The molecule has 0 bridgehead atoms. The highest BCUT2D eigenvalue weighted by molar-refractivity contribution is 7.47. The van der Waals surface area contributed by atoms with E-state index in [9.17, 15) is 43.2 Å². The van der Waals surface area contributed by atoms with Crippen molar-refractivity contribution < 1.29 is 80.2 Å². The Kier molecular flexibility index (Phi) is 71.8.